The summed E-state index contributed by atoms with van der Waals surface area (Å²) in [6.07, 6.45) is 3.47. The number of nitrogens with zero attached hydrogens (tertiary/aromatic N) is 2. The van der Waals surface area contributed by atoms with Gasteiger partial charge in [0, 0.05) is 6.20 Å². The lowest BCUT2D eigenvalue weighted by molar-refractivity contribution is 0.118. The molecule has 1 rings (SSSR count). The summed E-state index contributed by atoms with van der Waals surface area (Å²) >= 11 is 0. The summed E-state index contributed by atoms with van der Waals surface area (Å²) in [7, 11) is 0. The number of allylic oxidation sites excluding steroid dienone is 1. The molecule has 6 nitrogen and oxygen atoms in total. The lowest BCUT2D eigenvalue weighted by Gasteiger charge is -2.17. The maximum atomic E-state index is 9.98. The molecule has 0 fully saturated rings. The van der Waals surface area contributed by atoms with Crippen molar-refractivity contribution < 1.29 is 9.90 Å². The fourth-order valence-electron chi connectivity index (χ4n) is 0.447. The van der Waals surface area contributed by atoms with E-state index in [-0.39, 0.29) is 0 Å². The van der Waals surface area contributed by atoms with E-state index in [2.05, 4.69) is 10.5 Å². The van der Waals surface area contributed by atoms with Gasteiger partial charge < -0.3 is 5.11 Å². The topological polar surface area (TPSA) is 77.0 Å². The zero-order valence-corrected chi connectivity index (χ0v) is 4.98. The number of hydrazine groups is 2. The Labute approximate surface area is 56.8 Å². The fourth-order valence-corrected chi connectivity index (χ4v) is 0.447. The molecule has 0 atom stereocenters. The first kappa shape index (κ1) is 6.40. The molecule has 1 heterocycles. The average molecular weight is 142 g/mol. The van der Waals surface area contributed by atoms with Gasteiger partial charge in [0.25, 0.3) is 0 Å². The highest BCUT2D eigenvalue weighted by Crippen LogP contribution is 1.82. The predicted molar refractivity (Wildman–Crippen MR) is 33.8 cm³/mol. The second-order valence-corrected chi connectivity index (χ2v) is 1.48. The van der Waals surface area contributed by atoms with Crippen molar-refractivity contribution >= 4 is 12.3 Å². The van der Waals surface area contributed by atoms with E-state index in [9.17, 15) is 4.79 Å². The van der Waals surface area contributed by atoms with Gasteiger partial charge >= 0.3 is 6.09 Å². The highest BCUT2D eigenvalue weighted by Gasteiger charge is 2.01. The molecule has 54 valence electrons. The summed E-state index contributed by atoms with van der Waals surface area (Å²) in [5.74, 6) is 0. The van der Waals surface area contributed by atoms with Gasteiger partial charge in [0.1, 0.15) is 0 Å². The summed E-state index contributed by atoms with van der Waals surface area (Å²) < 4.78 is 0. The largest absolute Gasteiger partial charge is 0.464 e. The molecule has 3 N–H and O–H groups in total. The molecule has 1 aliphatic rings. The summed E-state index contributed by atoms with van der Waals surface area (Å²) in [4.78, 5) is 9.98. The van der Waals surface area contributed by atoms with Crippen molar-refractivity contribution in [2.75, 3.05) is 0 Å². The number of hydrogen-bond donors (Lipinski definition) is 3. The molecule has 0 aromatic carbocycles. The predicted octanol–water partition coefficient (Wildman–Crippen LogP) is -0.511. The van der Waals surface area contributed by atoms with Crippen LogP contribution in [0.25, 0.3) is 0 Å². The Kier molecular flexibility index (Phi) is 1.74. The van der Waals surface area contributed by atoms with Crippen molar-refractivity contribution in [1.29, 1.82) is 0 Å². The molecule has 1 aliphatic heterocycles. The van der Waals surface area contributed by atoms with Gasteiger partial charge in [-0.25, -0.2) is 4.79 Å². The molecule has 0 saturated carbocycles. The van der Waals surface area contributed by atoms with E-state index in [0.717, 1.165) is 5.23 Å². The number of carboxylic acid groups (broad SMARTS) is 1. The first-order chi connectivity index (χ1) is 4.79. The zero-order valence-electron chi connectivity index (χ0n) is 4.98. The van der Waals surface area contributed by atoms with Crippen LogP contribution in [0.1, 0.15) is 0 Å². The van der Waals surface area contributed by atoms with Crippen molar-refractivity contribution in [1.82, 2.24) is 16.1 Å². The number of nitrogens with one attached hydrogen (secondary N) is 2. The van der Waals surface area contributed by atoms with Gasteiger partial charge in [0.15, 0.2) is 0 Å². The molecule has 0 spiro atoms. The van der Waals surface area contributed by atoms with Gasteiger partial charge in [-0.3, -0.25) is 5.43 Å². The van der Waals surface area contributed by atoms with Crippen molar-refractivity contribution in [3.8, 4) is 0 Å². The molecule has 10 heavy (non-hydrogen) atoms. The Morgan fingerprint density at radius 2 is 2.60 bits per heavy atom. The third-order valence-electron chi connectivity index (χ3n) is 0.763. The third-order valence-corrected chi connectivity index (χ3v) is 0.763. The fraction of sp³-hybridized carbons (Fsp3) is 0. The molecule has 0 bridgehead atoms. The highest BCUT2D eigenvalue weighted by molar-refractivity contribution is 5.71. The standard InChI is InChI=1S/C4H6N4O2/c9-4(10)7-8-5-2-1-3-6-8/h1-3,5,7H,(H,9,10). The molecule has 0 aromatic heterocycles. The van der Waals surface area contributed by atoms with Gasteiger partial charge in [-0.15, -0.1) is 10.3 Å². The SMILES string of the molecule is O=C(O)NN1N=CC=CN1. The molecular weight excluding hydrogens is 136 g/mol. The molecule has 0 unspecified atom stereocenters. The maximum Gasteiger partial charge on any atom is 0.426 e. The minimum atomic E-state index is -1.17. The third kappa shape index (κ3) is 1.66. The van der Waals surface area contributed by atoms with Crippen LogP contribution in [0.3, 0.4) is 0 Å². The monoisotopic (exact) mass is 142 g/mol. The van der Waals surface area contributed by atoms with Crippen LogP contribution in [0, 0.1) is 0 Å². The van der Waals surface area contributed by atoms with E-state index in [1.807, 2.05) is 5.43 Å². The second kappa shape index (κ2) is 2.72. The smallest absolute Gasteiger partial charge is 0.426 e. The first-order valence-electron chi connectivity index (χ1n) is 2.54. The molecule has 0 saturated heterocycles. The van der Waals surface area contributed by atoms with Gasteiger partial charge in [-0.05, 0) is 6.08 Å². The summed E-state index contributed by atoms with van der Waals surface area (Å²) in [6.45, 7) is 0. The summed E-state index contributed by atoms with van der Waals surface area (Å²) in [6, 6.07) is 0. The molecule has 0 aromatic rings. The lowest BCUT2D eigenvalue weighted by atomic mass is 10.7. The Morgan fingerprint density at radius 1 is 1.80 bits per heavy atom. The van der Waals surface area contributed by atoms with Gasteiger partial charge in [-0.1, -0.05) is 0 Å². The van der Waals surface area contributed by atoms with Gasteiger partial charge in [-0.2, -0.15) is 5.43 Å². The highest BCUT2D eigenvalue weighted by atomic mass is 16.4. The van der Waals surface area contributed by atoms with E-state index in [0.29, 0.717) is 0 Å². The molecule has 6 heteroatoms. The Balaban J connectivity index is 2.37. The Morgan fingerprint density at radius 3 is 3.10 bits per heavy atom. The Hall–Kier alpha value is -1.72. The maximum absolute atomic E-state index is 9.98. The van der Waals surface area contributed by atoms with Crippen molar-refractivity contribution in [3.05, 3.63) is 12.3 Å². The van der Waals surface area contributed by atoms with E-state index >= 15 is 0 Å². The van der Waals surface area contributed by atoms with Gasteiger partial charge in [0.2, 0.25) is 0 Å². The average Bonchev–Trinajstić information content (AvgIpc) is 1.88. The number of rotatable bonds is 1. The number of hydrogen-bond acceptors (Lipinski definition) is 4. The van der Waals surface area contributed by atoms with Crippen molar-refractivity contribution in [2.45, 2.75) is 0 Å². The molecule has 1 amide bonds. The normalized spacial score (nSPS) is 14.6. The number of carbonyl (C=O) groups is 1. The van der Waals surface area contributed by atoms with Crippen LogP contribution in [-0.4, -0.2) is 22.6 Å². The van der Waals surface area contributed by atoms with E-state index in [1.165, 1.54) is 6.21 Å². The Bertz CT molecular complexity index is 188. The van der Waals surface area contributed by atoms with Crippen LogP contribution in [0.4, 0.5) is 4.79 Å². The second-order valence-electron chi connectivity index (χ2n) is 1.48. The van der Waals surface area contributed by atoms with Crippen molar-refractivity contribution in [3.63, 3.8) is 0 Å². The number of amides is 1. The first-order valence-corrected chi connectivity index (χ1v) is 2.54. The van der Waals surface area contributed by atoms with Gasteiger partial charge in [0.05, 0.1) is 6.21 Å². The van der Waals surface area contributed by atoms with Crippen LogP contribution < -0.4 is 10.9 Å². The van der Waals surface area contributed by atoms with Crippen molar-refractivity contribution in [2.24, 2.45) is 5.10 Å². The van der Waals surface area contributed by atoms with Crippen LogP contribution in [0.2, 0.25) is 0 Å². The van der Waals surface area contributed by atoms with E-state index < -0.39 is 6.09 Å². The van der Waals surface area contributed by atoms with Crippen LogP contribution in [0.15, 0.2) is 17.4 Å². The van der Waals surface area contributed by atoms with Crippen LogP contribution >= 0.6 is 0 Å². The molecule has 0 radical (unpaired) electrons. The minimum absolute atomic E-state index is 0.975. The quantitative estimate of drug-likeness (QED) is 0.460. The van der Waals surface area contributed by atoms with Crippen LogP contribution in [0.5, 0.6) is 0 Å². The summed E-state index contributed by atoms with van der Waals surface area (Å²) in [5, 5.41) is 12.7. The molecule has 0 aliphatic carbocycles. The lowest BCUT2D eigenvalue weighted by Crippen LogP contribution is -2.45. The number of hydrazone groups is 1. The zero-order chi connectivity index (χ0) is 7.40. The van der Waals surface area contributed by atoms with E-state index in [4.69, 9.17) is 5.11 Å². The summed E-state index contributed by atoms with van der Waals surface area (Å²) in [5.41, 5.74) is 4.48. The molecular formula is C4H6N4O2. The van der Waals surface area contributed by atoms with E-state index in [1.54, 1.807) is 12.3 Å². The minimum Gasteiger partial charge on any atom is -0.464 e. The van der Waals surface area contributed by atoms with Crippen LogP contribution in [-0.2, 0) is 0 Å².